The van der Waals surface area contributed by atoms with Gasteiger partial charge in [-0.25, -0.2) is 4.98 Å². The molecule has 0 spiro atoms. The van der Waals surface area contributed by atoms with Crippen molar-refractivity contribution in [2.24, 2.45) is 5.92 Å². The van der Waals surface area contributed by atoms with E-state index in [1.54, 1.807) is 11.9 Å². The maximum Gasteiger partial charge on any atom is 0.293 e. The lowest BCUT2D eigenvalue weighted by molar-refractivity contribution is 0.0695. The number of H-pyrrole nitrogens is 1. The van der Waals surface area contributed by atoms with E-state index in [2.05, 4.69) is 29.0 Å². The summed E-state index contributed by atoms with van der Waals surface area (Å²) < 4.78 is 0. The number of amides is 1. The van der Waals surface area contributed by atoms with Crippen molar-refractivity contribution in [1.29, 1.82) is 0 Å². The van der Waals surface area contributed by atoms with Crippen molar-refractivity contribution < 1.29 is 4.79 Å². The van der Waals surface area contributed by atoms with Crippen LogP contribution in [0.1, 0.15) is 56.0 Å². The minimum absolute atomic E-state index is 0.102. The summed E-state index contributed by atoms with van der Waals surface area (Å²) in [6.45, 7) is 6.24. The number of nitrogens with one attached hydrogen (secondary N) is 1. The molecule has 1 aliphatic carbocycles. The molecule has 5 nitrogen and oxygen atoms in total. The van der Waals surface area contributed by atoms with Crippen LogP contribution in [0.5, 0.6) is 0 Å². The molecule has 1 unspecified atom stereocenters. The molecule has 1 heterocycles. The van der Waals surface area contributed by atoms with E-state index in [1.165, 1.54) is 0 Å². The molecule has 1 aromatic rings. The summed E-state index contributed by atoms with van der Waals surface area (Å²) in [7, 11) is 1.81. The van der Waals surface area contributed by atoms with Crippen LogP contribution in [0.15, 0.2) is 0 Å². The molecule has 1 aliphatic rings. The van der Waals surface area contributed by atoms with Crippen LogP contribution in [-0.2, 0) is 0 Å². The van der Waals surface area contributed by atoms with Crippen LogP contribution in [0, 0.1) is 5.92 Å². The van der Waals surface area contributed by atoms with E-state index < -0.39 is 0 Å². The minimum Gasteiger partial charge on any atom is -0.336 e. The summed E-state index contributed by atoms with van der Waals surface area (Å²) in [6.07, 6.45) is 2.31. The Balaban J connectivity index is 2.07. The SMILES string of the molecule is CC(C)C(C)N(C)C(=O)c1n[nH]c(C2CC2)n1. The van der Waals surface area contributed by atoms with E-state index >= 15 is 0 Å². The van der Waals surface area contributed by atoms with Crippen LogP contribution in [0.2, 0.25) is 0 Å². The fourth-order valence-electron chi connectivity index (χ4n) is 1.70. The highest BCUT2D eigenvalue weighted by molar-refractivity contribution is 5.90. The maximum atomic E-state index is 12.1. The first-order chi connectivity index (χ1) is 8.00. The van der Waals surface area contributed by atoms with E-state index in [4.69, 9.17) is 0 Å². The van der Waals surface area contributed by atoms with Gasteiger partial charge in [0.15, 0.2) is 0 Å². The fourth-order valence-corrected chi connectivity index (χ4v) is 1.70. The molecule has 0 bridgehead atoms. The van der Waals surface area contributed by atoms with Crippen molar-refractivity contribution in [3.8, 4) is 0 Å². The molecule has 0 saturated heterocycles. The number of rotatable bonds is 4. The monoisotopic (exact) mass is 236 g/mol. The van der Waals surface area contributed by atoms with Crippen LogP contribution in [0.25, 0.3) is 0 Å². The third kappa shape index (κ3) is 2.48. The Morgan fingerprint density at radius 2 is 2.06 bits per heavy atom. The predicted molar refractivity (Wildman–Crippen MR) is 64.8 cm³/mol. The summed E-state index contributed by atoms with van der Waals surface area (Å²) in [5.41, 5.74) is 0. The maximum absolute atomic E-state index is 12.1. The van der Waals surface area contributed by atoms with Crippen LogP contribution < -0.4 is 0 Å². The Morgan fingerprint density at radius 1 is 1.41 bits per heavy atom. The van der Waals surface area contributed by atoms with E-state index in [9.17, 15) is 4.79 Å². The number of hydrogen-bond acceptors (Lipinski definition) is 3. The summed E-state index contributed by atoms with van der Waals surface area (Å²) in [5, 5.41) is 6.88. The second-order valence-electron chi connectivity index (χ2n) is 5.22. The molecule has 1 amide bonds. The molecule has 0 aromatic carbocycles. The van der Waals surface area contributed by atoms with Crippen LogP contribution >= 0.6 is 0 Å². The molecular weight excluding hydrogens is 216 g/mol. The molecular formula is C12H20N4O. The molecule has 0 aliphatic heterocycles. The highest BCUT2D eigenvalue weighted by atomic mass is 16.2. The Hall–Kier alpha value is -1.39. The Bertz CT molecular complexity index is 408. The zero-order chi connectivity index (χ0) is 12.6. The average molecular weight is 236 g/mol. The van der Waals surface area contributed by atoms with Gasteiger partial charge in [-0.15, -0.1) is 5.10 Å². The predicted octanol–water partition coefficient (Wildman–Crippen LogP) is 1.80. The first-order valence-electron chi connectivity index (χ1n) is 6.20. The van der Waals surface area contributed by atoms with Crippen molar-refractivity contribution in [2.45, 2.75) is 45.6 Å². The van der Waals surface area contributed by atoms with Gasteiger partial charge in [-0.3, -0.25) is 9.89 Å². The number of aromatic nitrogens is 3. The topological polar surface area (TPSA) is 61.9 Å². The third-order valence-corrected chi connectivity index (χ3v) is 3.55. The fraction of sp³-hybridized carbons (Fsp3) is 0.750. The number of carbonyl (C=O) groups is 1. The molecule has 1 saturated carbocycles. The van der Waals surface area contributed by atoms with Crippen LogP contribution in [0.3, 0.4) is 0 Å². The van der Waals surface area contributed by atoms with Crippen LogP contribution in [-0.4, -0.2) is 39.1 Å². The lowest BCUT2D eigenvalue weighted by atomic mass is 10.1. The van der Waals surface area contributed by atoms with Gasteiger partial charge < -0.3 is 4.90 Å². The first-order valence-corrected chi connectivity index (χ1v) is 6.20. The van der Waals surface area contributed by atoms with Gasteiger partial charge in [0.2, 0.25) is 5.82 Å². The standard InChI is InChI=1S/C12H20N4O/c1-7(2)8(3)16(4)12(17)11-13-10(14-15-11)9-5-6-9/h7-9H,5-6H2,1-4H3,(H,13,14,15). The van der Waals surface area contributed by atoms with E-state index in [0.717, 1.165) is 18.7 Å². The van der Waals surface area contributed by atoms with Crippen molar-refractivity contribution in [3.63, 3.8) is 0 Å². The van der Waals surface area contributed by atoms with Gasteiger partial charge >= 0.3 is 0 Å². The van der Waals surface area contributed by atoms with Gasteiger partial charge in [-0.2, -0.15) is 0 Å². The minimum atomic E-state index is -0.102. The second kappa shape index (κ2) is 4.47. The normalized spacial score (nSPS) is 17.2. The van der Waals surface area contributed by atoms with Crippen molar-refractivity contribution in [2.75, 3.05) is 7.05 Å². The molecule has 1 aromatic heterocycles. The average Bonchev–Trinajstić information content (AvgIpc) is 3.04. The zero-order valence-electron chi connectivity index (χ0n) is 10.9. The highest BCUT2D eigenvalue weighted by Crippen LogP contribution is 2.37. The van der Waals surface area contributed by atoms with Crippen LogP contribution in [0.4, 0.5) is 0 Å². The summed E-state index contributed by atoms with van der Waals surface area (Å²) in [4.78, 5) is 18.1. The Labute approximate surface area is 102 Å². The van der Waals surface area contributed by atoms with Gasteiger partial charge in [0.25, 0.3) is 5.91 Å². The van der Waals surface area contributed by atoms with Crippen molar-refractivity contribution in [3.05, 3.63) is 11.6 Å². The zero-order valence-corrected chi connectivity index (χ0v) is 10.9. The molecule has 5 heteroatoms. The lowest BCUT2D eigenvalue weighted by Gasteiger charge is -2.26. The molecule has 94 valence electrons. The largest absolute Gasteiger partial charge is 0.336 e. The molecule has 1 atom stereocenters. The summed E-state index contributed by atoms with van der Waals surface area (Å²) >= 11 is 0. The number of carbonyl (C=O) groups excluding carboxylic acids is 1. The molecule has 0 radical (unpaired) electrons. The van der Waals surface area contributed by atoms with Gasteiger partial charge in [0, 0.05) is 19.0 Å². The highest BCUT2D eigenvalue weighted by Gasteiger charge is 2.29. The Kier molecular flexibility index (Phi) is 3.17. The van der Waals surface area contributed by atoms with Gasteiger partial charge in [-0.1, -0.05) is 13.8 Å². The number of hydrogen-bond donors (Lipinski definition) is 1. The number of nitrogens with zero attached hydrogens (tertiary/aromatic N) is 3. The summed E-state index contributed by atoms with van der Waals surface area (Å²) in [6, 6.07) is 0.186. The molecule has 1 N–H and O–H groups in total. The second-order valence-corrected chi connectivity index (χ2v) is 5.22. The number of aromatic amines is 1. The molecule has 2 rings (SSSR count). The molecule has 17 heavy (non-hydrogen) atoms. The molecule has 1 fully saturated rings. The van der Waals surface area contributed by atoms with Crippen molar-refractivity contribution in [1.82, 2.24) is 20.1 Å². The van der Waals surface area contributed by atoms with Gasteiger partial charge in [0.05, 0.1) is 0 Å². The van der Waals surface area contributed by atoms with Crippen molar-refractivity contribution >= 4 is 5.91 Å². The lowest BCUT2D eigenvalue weighted by Crippen LogP contribution is -2.38. The van der Waals surface area contributed by atoms with E-state index in [1.807, 2.05) is 6.92 Å². The quantitative estimate of drug-likeness (QED) is 0.867. The van der Waals surface area contributed by atoms with Gasteiger partial charge in [0.1, 0.15) is 5.82 Å². The third-order valence-electron chi connectivity index (χ3n) is 3.55. The van der Waals surface area contributed by atoms with E-state index in [-0.39, 0.29) is 11.9 Å². The summed E-state index contributed by atoms with van der Waals surface area (Å²) in [5.74, 6) is 1.97. The van der Waals surface area contributed by atoms with E-state index in [0.29, 0.717) is 17.7 Å². The Morgan fingerprint density at radius 3 is 2.59 bits per heavy atom. The first kappa shape index (κ1) is 12.1. The smallest absolute Gasteiger partial charge is 0.293 e. The van der Waals surface area contributed by atoms with Gasteiger partial charge in [-0.05, 0) is 25.7 Å².